The van der Waals surface area contributed by atoms with Crippen molar-refractivity contribution in [3.63, 3.8) is 0 Å². The topological polar surface area (TPSA) is 71.5 Å². The Morgan fingerprint density at radius 3 is 2.92 bits per heavy atom. The molecule has 7 heteroatoms. The van der Waals surface area contributed by atoms with Gasteiger partial charge in [-0.2, -0.15) is 0 Å². The molecule has 6 nitrogen and oxygen atoms in total. The zero-order chi connectivity index (χ0) is 17.8. The second kappa shape index (κ2) is 7.53. The monoisotopic (exact) mass is 359 g/mol. The van der Waals surface area contributed by atoms with Crippen LogP contribution in [0.25, 0.3) is 0 Å². The van der Waals surface area contributed by atoms with Crippen LogP contribution in [-0.4, -0.2) is 30.5 Å². The smallest absolute Gasteiger partial charge is 0.255 e. The molecule has 3 rings (SSSR count). The number of amides is 2. The second-order valence-electron chi connectivity index (χ2n) is 5.73. The zero-order valence-electron chi connectivity index (χ0n) is 13.8. The Labute approximate surface area is 150 Å². The Hall–Kier alpha value is -2.60. The number of rotatable bonds is 5. The van der Waals surface area contributed by atoms with Crippen LogP contribution in [0.4, 0.5) is 5.69 Å². The van der Waals surface area contributed by atoms with Crippen molar-refractivity contribution in [3.8, 4) is 5.75 Å². The van der Waals surface area contributed by atoms with Gasteiger partial charge in [0.2, 0.25) is 5.91 Å². The maximum absolute atomic E-state index is 12.4. The molecule has 0 unspecified atom stereocenters. The predicted molar refractivity (Wildman–Crippen MR) is 95.0 cm³/mol. The molecule has 0 atom stereocenters. The number of ether oxygens (including phenoxy) is 1. The molecule has 2 amide bonds. The first-order chi connectivity index (χ1) is 12.1. The van der Waals surface area contributed by atoms with Gasteiger partial charge in [-0.05, 0) is 36.2 Å². The number of aromatic nitrogens is 1. The number of hydrogen-bond donors (Lipinski definition) is 1. The fourth-order valence-corrected chi connectivity index (χ4v) is 2.95. The lowest BCUT2D eigenvalue weighted by atomic mass is 10.1. The number of carbonyl (C=O) groups is 2. The van der Waals surface area contributed by atoms with Gasteiger partial charge in [0.15, 0.2) is 0 Å². The molecule has 1 aliphatic heterocycles. The normalized spacial score (nSPS) is 13.8. The number of hydrogen-bond acceptors (Lipinski definition) is 4. The van der Waals surface area contributed by atoms with Gasteiger partial charge in [-0.25, -0.2) is 0 Å². The highest BCUT2D eigenvalue weighted by Crippen LogP contribution is 2.23. The molecule has 130 valence electrons. The molecule has 1 aliphatic rings. The van der Waals surface area contributed by atoms with Crippen LogP contribution in [0.1, 0.15) is 28.8 Å². The summed E-state index contributed by atoms with van der Waals surface area (Å²) in [5, 5.41) is 3.29. The maximum atomic E-state index is 12.4. The van der Waals surface area contributed by atoms with Crippen LogP contribution in [0.2, 0.25) is 5.02 Å². The predicted octanol–water partition coefficient (Wildman–Crippen LogP) is 2.80. The number of halogens is 1. The summed E-state index contributed by atoms with van der Waals surface area (Å²) in [6, 6.07) is 6.75. The Morgan fingerprint density at radius 1 is 1.36 bits per heavy atom. The third-order valence-corrected chi connectivity index (χ3v) is 4.26. The number of nitrogens with zero attached hydrogens (tertiary/aromatic N) is 2. The van der Waals surface area contributed by atoms with Crippen LogP contribution < -0.4 is 15.0 Å². The molecule has 1 aromatic carbocycles. The van der Waals surface area contributed by atoms with E-state index in [1.54, 1.807) is 35.5 Å². The average molecular weight is 360 g/mol. The van der Waals surface area contributed by atoms with Crippen molar-refractivity contribution in [2.24, 2.45) is 0 Å². The highest BCUT2D eigenvalue weighted by molar-refractivity contribution is 6.31. The highest BCUT2D eigenvalue weighted by Gasteiger charge is 2.22. The molecule has 1 aromatic heterocycles. The third-order valence-electron chi connectivity index (χ3n) is 4.02. The molecule has 0 radical (unpaired) electrons. The summed E-state index contributed by atoms with van der Waals surface area (Å²) in [6.07, 6.45) is 4.75. The van der Waals surface area contributed by atoms with E-state index in [1.165, 1.54) is 7.11 Å². The van der Waals surface area contributed by atoms with E-state index in [0.717, 1.165) is 17.7 Å². The molecule has 0 aliphatic carbocycles. The van der Waals surface area contributed by atoms with E-state index in [-0.39, 0.29) is 18.4 Å². The molecule has 1 fully saturated rings. The lowest BCUT2D eigenvalue weighted by Gasteiger charge is -2.16. The van der Waals surface area contributed by atoms with Crippen LogP contribution in [0.5, 0.6) is 5.75 Å². The van der Waals surface area contributed by atoms with E-state index in [2.05, 4.69) is 10.3 Å². The minimum atomic E-state index is -0.290. The van der Waals surface area contributed by atoms with Crippen molar-refractivity contribution in [1.29, 1.82) is 0 Å². The van der Waals surface area contributed by atoms with Crippen molar-refractivity contribution in [2.75, 3.05) is 18.6 Å². The first kappa shape index (κ1) is 17.2. The Bertz CT molecular complexity index is 810. The Morgan fingerprint density at radius 2 is 2.20 bits per heavy atom. The van der Waals surface area contributed by atoms with E-state index in [4.69, 9.17) is 16.3 Å². The standard InChI is InChI=1S/C18H18ClN3O3/c1-25-16-5-4-13(19)8-15(16)18(24)21-10-12-7-14(11-20-9-12)22-6-2-3-17(22)23/h4-5,7-9,11H,2-3,6,10H2,1H3,(H,21,24). The van der Waals surface area contributed by atoms with E-state index in [1.807, 2.05) is 6.07 Å². The van der Waals surface area contributed by atoms with Crippen LogP contribution in [-0.2, 0) is 11.3 Å². The van der Waals surface area contributed by atoms with Crippen molar-refractivity contribution < 1.29 is 14.3 Å². The Kier molecular flexibility index (Phi) is 5.19. The van der Waals surface area contributed by atoms with Crippen molar-refractivity contribution >= 4 is 29.1 Å². The number of benzene rings is 1. The maximum Gasteiger partial charge on any atom is 0.255 e. The van der Waals surface area contributed by atoms with Gasteiger partial charge in [0.25, 0.3) is 5.91 Å². The van der Waals surface area contributed by atoms with Gasteiger partial charge in [0.05, 0.1) is 24.6 Å². The first-order valence-electron chi connectivity index (χ1n) is 7.94. The molecule has 0 spiro atoms. The van der Waals surface area contributed by atoms with Gasteiger partial charge >= 0.3 is 0 Å². The van der Waals surface area contributed by atoms with Crippen molar-refractivity contribution in [2.45, 2.75) is 19.4 Å². The number of nitrogens with one attached hydrogen (secondary N) is 1. The molecule has 1 saturated heterocycles. The van der Waals surface area contributed by atoms with Crippen LogP contribution >= 0.6 is 11.6 Å². The van der Waals surface area contributed by atoms with Crippen molar-refractivity contribution in [3.05, 3.63) is 52.8 Å². The van der Waals surface area contributed by atoms with Gasteiger partial charge in [-0.1, -0.05) is 11.6 Å². The Balaban J connectivity index is 1.70. The first-order valence-corrected chi connectivity index (χ1v) is 8.32. The minimum absolute atomic E-state index is 0.103. The third kappa shape index (κ3) is 3.91. The lowest BCUT2D eigenvalue weighted by Crippen LogP contribution is -2.25. The van der Waals surface area contributed by atoms with Crippen LogP contribution in [0.15, 0.2) is 36.7 Å². The number of anilines is 1. The fourth-order valence-electron chi connectivity index (χ4n) is 2.77. The highest BCUT2D eigenvalue weighted by atomic mass is 35.5. The molecule has 0 saturated carbocycles. The van der Waals surface area contributed by atoms with Crippen LogP contribution in [0, 0.1) is 0 Å². The quantitative estimate of drug-likeness (QED) is 0.891. The molecule has 1 N–H and O–H groups in total. The van der Waals surface area contributed by atoms with Gasteiger partial charge in [-0.3, -0.25) is 14.6 Å². The molecule has 0 bridgehead atoms. The summed E-state index contributed by atoms with van der Waals surface area (Å²) in [6.45, 7) is 0.993. The zero-order valence-corrected chi connectivity index (χ0v) is 14.5. The van der Waals surface area contributed by atoms with E-state index in [9.17, 15) is 9.59 Å². The summed E-state index contributed by atoms with van der Waals surface area (Å²) in [5.41, 5.74) is 1.94. The van der Waals surface area contributed by atoms with E-state index >= 15 is 0 Å². The summed E-state index contributed by atoms with van der Waals surface area (Å²) in [4.78, 5) is 30.1. The number of carbonyl (C=O) groups excluding carboxylic acids is 2. The van der Waals surface area contributed by atoms with Gasteiger partial charge in [0, 0.05) is 30.7 Å². The fraction of sp³-hybridized carbons (Fsp3) is 0.278. The number of methoxy groups -OCH3 is 1. The molecular weight excluding hydrogens is 342 g/mol. The van der Waals surface area contributed by atoms with E-state index in [0.29, 0.717) is 29.3 Å². The molecule has 2 heterocycles. The van der Waals surface area contributed by atoms with Crippen molar-refractivity contribution in [1.82, 2.24) is 10.3 Å². The molecule has 25 heavy (non-hydrogen) atoms. The largest absolute Gasteiger partial charge is 0.496 e. The summed E-state index contributed by atoms with van der Waals surface area (Å²) in [5.74, 6) is 0.269. The summed E-state index contributed by atoms with van der Waals surface area (Å²) >= 11 is 5.96. The summed E-state index contributed by atoms with van der Waals surface area (Å²) < 4.78 is 5.20. The SMILES string of the molecule is COc1ccc(Cl)cc1C(=O)NCc1cncc(N2CCCC2=O)c1. The average Bonchev–Trinajstić information content (AvgIpc) is 3.06. The molecule has 2 aromatic rings. The number of pyridine rings is 1. The van der Waals surface area contributed by atoms with Gasteiger partial charge in [0.1, 0.15) is 5.75 Å². The second-order valence-corrected chi connectivity index (χ2v) is 6.16. The molecular formula is C18H18ClN3O3. The van der Waals surface area contributed by atoms with Gasteiger partial charge in [-0.15, -0.1) is 0 Å². The minimum Gasteiger partial charge on any atom is -0.496 e. The van der Waals surface area contributed by atoms with Gasteiger partial charge < -0.3 is 15.0 Å². The lowest BCUT2D eigenvalue weighted by molar-refractivity contribution is -0.117. The van der Waals surface area contributed by atoms with E-state index < -0.39 is 0 Å². The summed E-state index contributed by atoms with van der Waals surface area (Å²) in [7, 11) is 1.50. The van der Waals surface area contributed by atoms with Crippen LogP contribution in [0.3, 0.4) is 0 Å².